The Balaban J connectivity index is 2.20. The average molecular weight is 294 g/mol. The molecule has 0 aliphatic carbocycles. The van der Waals surface area contributed by atoms with Gasteiger partial charge < -0.3 is 10.1 Å². The van der Waals surface area contributed by atoms with Gasteiger partial charge in [0.05, 0.1) is 5.56 Å². The number of nitrogens with one attached hydrogen (secondary N) is 1. The number of hydrogen-bond acceptors (Lipinski definition) is 4. The third-order valence-corrected chi connectivity index (χ3v) is 3.43. The van der Waals surface area contributed by atoms with Gasteiger partial charge in [0.25, 0.3) is 5.56 Å². The minimum atomic E-state index is -1.11. The average Bonchev–Trinajstić information content (AvgIpc) is 2.36. The molecule has 0 atom stereocenters. The van der Waals surface area contributed by atoms with E-state index in [4.69, 9.17) is 5.11 Å². The van der Waals surface area contributed by atoms with E-state index in [1.165, 1.54) is 18.2 Å². The van der Waals surface area contributed by atoms with E-state index in [0.29, 0.717) is 10.9 Å². The Morgan fingerprint density at radius 3 is 2.85 bits per heavy atom. The van der Waals surface area contributed by atoms with Gasteiger partial charge in [-0.15, -0.1) is 0 Å². The highest BCUT2D eigenvalue weighted by Gasteiger charge is 2.09. The van der Waals surface area contributed by atoms with Gasteiger partial charge in [0.1, 0.15) is 5.82 Å². The monoisotopic (exact) mass is 294 g/mol. The Hall–Kier alpha value is -2.15. The van der Waals surface area contributed by atoms with Crippen LogP contribution in [0.2, 0.25) is 0 Å². The number of thioether (sulfide) groups is 1. The number of H-pyrrole nitrogens is 1. The van der Waals surface area contributed by atoms with E-state index in [-0.39, 0.29) is 22.4 Å². The number of rotatable bonds is 4. The largest absolute Gasteiger partial charge is 0.478 e. The van der Waals surface area contributed by atoms with Gasteiger partial charge in [-0.3, -0.25) is 4.79 Å². The van der Waals surface area contributed by atoms with Gasteiger partial charge in [-0.25, -0.2) is 14.2 Å². The molecule has 0 fully saturated rings. The number of carbonyl (C=O) groups is 1. The quantitative estimate of drug-likeness (QED) is 0.667. The Morgan fingerprint density at radius 2 is 2.20 bits per heavy atom. The van der Waals surface area contributed by atoms with Gasteiger partial charge in [0, 0.05) is 17.5 Å². The molecule has 0 bridgehead atoms. The summed E-state index contributed by atoms with van der Waals surface area (Å²) < 4.78 is 13.6. The summed E-state index contributed by atoms with van der Waals surface area (Å²) in [7, 11) is 0. The molecule has 2 N–H and O–H groups in total. The molecule has 1 aromatic carbocycles. The van der Waals surface area contributed by atoms with Crippen LogP contribution in [0, 0.1) is 12.7 Å². The maximum atomic E-state index is 13.6. The van der Waals surface area contributed by atoms with E-state index in [1.807, 2.05) is 0 Å². The van der Waals surface area contributed by atoms with Crippen LogP contribution in [0.15, 0.2) is 34.2 Å². The first kappa shape index (κ1) is 14.3. The number of carboxylic acid groups (broad SMARTS) is 1. The number of aromatic amines is 1. The van der Waals surface area contributed by atoms with Crippen LogP contribution in [-0.2, 0) is 5.75 Å². The van der Waals surface area contributed by atoms with Crippen LogP contribution in [0.1, 0.15) is 21.6 Å². The van der Waals surface area contributed by atoms with E-state index in [1.54, 1.807) is 6.92 Å². The Kier molecular flexibility index (Phi) is 4.19. The van der Waals surface area contributed by atoms with Crippen molar-refractivity contribution in [2.45, 2.75) is 17.8 Å². The Labute approximate surface area is 117 Å². The van der Waals surface area contributed by atoms with Crippen LogP contribution < -0.4 is 5.56 Å². The molecule has 104 valence electrons. The van der Waals surface area contributed by atoms with Gasteiger partial charge in [-0.1, -0.05) is 11.8 Å². The minimum absolute atomic E-state index is 0.0210. The van der Waals surface area contributed by atoms with Crippen molar-refractivity contribution in [3.63, 3.8) is 0 Å². The zero-order chi connectivity index (χ0) is 14.7. The topological polar surface area (TPSA) is 83.0 Å². The molecule has 0 spiro atoms. The fourth-order valence-corrected chi connectivity index (χ4v) is 2.48. The fourth-order valence-electron chi connectivity index (χ4n) is 1.58. The number of nitrogens with zero attached hydrogens (tertiary/aromatic N) is 1. The van der Waals surface area contributed by atoms with Crippen LogP contribution >= 0.6 is 11.8 Å². The first-order chi connectivity index (χ1) is 9.45. The summed E-state index contributed by atoms with van der Waals surface area (Å²) in [6.07, 6.45) is 0. The molecule has 2 aromatic rings. The maximum absolute atomic E-state index is 13.6. The molecule has 1 aromatic heterocycles. The molecule has 0 radical (unpaired) electrons. The number of carboxylic acids is 1. The lowest BCUT2D eigenvalue weighted by atomic mass is 10.1. The summed E-state index contributed by atoms with van der Waals surface area (Å²) in [6, 6.07) is 4.96. The third kappa shape index (κ3) is 3.45. The number of halogens is 1. The van der Waals surface area contributed by atoms with E-state index in [9.17, 15) is 14.0 Å². The molecular weight excluding hydrogens is 283 g/mol. The second-order valence-corrected chi connectivity index (χ2v) is 5.06. The summed E-state index contributed by atoms with van der Waals surface area (Å²) in [5.41, 5.74) is 0.558. The SMILES string of the molecule is Cc1cc(=O)[nH]c(SCc2cc(C(=O)O)ccc2F)n1. The highest BCUT2D eigenvalue weighted by atomic mass is 32.2. The third-order valence-electron chi connectivity index (χ3n) is 2.51. The van der Waals surface area contributed by atoms with Crippen LogP contribution in [0.25, 0.3) is 0 Å². The van der Waals surface area contributed by atoms with E-state index < -0.39 is 11.8 Å². The van der Waals surface area contributed by atoms with Crippen molar-refractivity contribution in [3.8, 4) is 0 Å². The molecule has 5 nitrogen and oxygen atoms in total. The normalized spacial score (nSPS) is 10.5. The van der Waals surface area contributed by atoms with Crippen molar-refractivity contribution < 1.29 is 14.3 Å². The minimum Gasteiger partial charge on any atom is -0.478 e. The van der Waals surface area contributed by atoms with Crippen molar-refractivity contribution in [3.05, 3.63) is 57.3 Å². The second-order valence-electron chi connectivity index (χ2n) is 4.09. The molecule has 0 saturated carbocycles. The number of hydrogen-bond donors (Lipinski definition) is 2. The predicted molar refractivity (Wildman–Crippen MR) is 72.5 cm³/mol. The smallest absolute Gasteiger partial charge is 0.335 e. The molecule has 7 heteroatoms. The summed E-state index contributed by atoms with van der Waals surface area (Å²) in [6.45, 7) is 1.69. The van der Waals surface area contributed by atoms with E-state index in [2.05, 4.69) is 9.97 Å². The van der Waals surface area contributed by atoms with Gasteiger partial charge in [0.15, 0.2) is 5.16 Å². The standard InChI is InChI=1S/C13H11FN2O3S/c1-7-4-11(17)16-13(15-7)20-6-9-5-8(12(18)19)2-3-10(9)14/h2-5H,6H2,1H3,(H,18,19)(H,15,16,17). The van der Waals surface area contributed by atoms with Crippen molar-refractivity contribution in [2.24, 2.45) is 0 Å². The predicted octanol–water partition coefficient (Wildman–Crippen LogP) is 2.21. The first-order valence-corrected chi connectivity index (χ1v) is 6.67. The summed E-state index contributed by atoms with van der Waals surface area (Å²) in [4.78, 5) is 28.7. The molecular formula is C13H11FN2O3S. The number of aromatic nitrogens is 2. The summed E-state index contributed by atoms with van der Waals surface area (Å²) >= 11 is 1.14. The van der Waals surface area contributed by atoms with E-state index >= 15 is 0 Å². The highest BCUT2D eigenvalue weighted by molar-refractivity contribution is 7.98. The molecule has 0 saturated heterocycles. The number of benzene rings is 1. The lowest BCUT2D eigenvalue weighted by Crippen LogP contribution is -2.08. The lowest BCUT2D eigenvalue weighted by molar-refractivity contribution is 0.0696. The van der Waals surface area contributed by atoms with Gasteiger partial charge in [0.2, 0.25) is 0 Å². The van der Waals surface area contributed by atoms with Gasteiger partial charge >= 0.3 is 5.97 Å². The van der Waals surface area contributed by atoms with Crippen molar-refractivity contribution in [2.75, 3.05) is 0 Å². The van der Waals surface area contributed by atoms with Gasteiger partial charge in [-0.2, -0.15) is 0 Å². The molecule has 0 unspecified atom stereocenters. The van der Waals surface area contributed by atoms with Crippen LogP contribution in [0.4, 0.5) is 4.39 Å². The first-order valence-electron chi connectivity index (χ1n) is 5.68. The molecule has 0 aliphatic heterocycles. The molecule has 0 aliphatic rings. The van der Waals surface area contributed by atoms with Crippen LogP contribution in [-0.4, -0.2) is 21.0 Å². The maximum Gasteiger partial charge on any atom is 0.335 e. The van der Waals surface area contributed by atoms with Crippen LogP contribution in [0.3, 0.4) is 0 Å². The molecule has 0 amide bonds. The fraction of sp³-hybridized carbons (Fsp3) is 0.154. The zero-order valence-corrected chi connectivity index (χ0v) is 11.3. The van der Waals surface area contributed by atoms with Gasteiger partial charge in [-0.05, 0) is 30.7 Å². The van der Waals surface area contributed by atoms with Crippen molar-refractivity contribution >= 4 is 17.7 Å². The summed E-state index contributed by atoms with van der Waals surface area (Å²) in [5, 5.41) is 9.24. The molecule has 20 heavy (non-hydrogen) atoms. The van der Waals surface area contributed by atoms with Crippen LogP contribution in [0.5, 0.6) is 0 Å². The number of aromatic carboxylic acids is 1. The zero-order valence-electron chi connectivity index (χ0n) is 10.5. The lowest BCUT2D eigenvalue weighted by Gasteiger charge is -2.05. The molecule has 1 heterocycles. The van der Waals surface area contributed by atoms with E-state index in [0.717, 1.165) is 17.8 Å². The van der Waals surface area contributed by atoms with Crippen molar-refractivity contribution in [1.29, 1.82) is 0 Å². The highest BCUT2D eigenvalue weighted by Crippen LogP contribution is 2.21. The number of aryl methyl sites for hydroxylation is 1. The summed E-state index contributed by atoms with van der Waals surface area (Å²) in [5.74, 6) is -1.42. The second kappa shape index (κ2) is 5.87. The Bertz CT molecular complexity index is 715. The Morgan fingerprint density at radius 1 is 1.45 bits per heavy atom. The van der Waals surface area contributed by atoms with Crippen molar-refractivity contribution in [1.82, 2.24) is 9.97 Å². The molecule has 2 rings (SSSR count).